The highest BCUT2D eigenvalue weighted by molar-refractivity contribution is 6.31. The van der Waals surface area contributed by atoms with Crippen LogP contribution in [-0.2, 0) is 25.7 Å². The van der Waals surface area contributed by atoms with Crippen LogP contribution >= 0.6 is 23.2 Å². The van der Waals surface area contributed by atoms with Crippen LogP contribution in [0.2, 0.25) is 10.0 Å². The summed E-state index contributed by atoms with van der Waals surface area (Å²) >= 11 is 12.6. The molecule has 2 N–H and O–H groups in total. The standard InChI is InChI=1S/C31H33Cl2N3O4/c1-17-7-5-12-23(18(17)2)35-29(38)27-31-14-13-24(40-31)25(28(37)34-21-10-6-9-20(32)15-21)26(31)30(39)36(27)16-19-8-3-4-11-22(19)33/h3-4,6,8-11,13-15,17-18,23-27H,5,7,12,16H2,1-2H3,(H,34,37)(H,35,38)/t17-,18-,23+,24+,25-,26+,27+,31+/m1/s1. The van der Waals surface area contributed by atoms with E-state index in [0.717, 1.165) is 24.8 Å². The molecular weight excluding hydrogens is 549 g/mol. The van der Waals surface area contributed by atoms with Crippen LogP contribution in [0.4, 0.5) is 5.69 Å². The van der Waals surface area contributed by atoms with Gasteiger partial charge in [-0.15, -0.1) is 0 Å². The molecule has 210 valence electrons. The lowest BCUT2D eigenvalue weighted by Crippen LogP contribution is -2.57. The number of carbonyl (C=O) groups excluding carboxylic acids is 3. The lowest BCUT2D eigenvalue weighted by atomic mass is 9.73. The number of ether oxygens (including phenoxy) is 1. The van der Waals surface area contributed by atoms with Gasteiger partial charge in [-0.05, 0) is 48.1 Å². The molecule has 0 aromatic heterocycles. The van der Waals surface area contributed by atoms with E-state index in [9.17, 15) is 14.4 Å². The Kier molecular flexibility index (Phi) is 7.18. The van der Waals surface area contributed by atoms with E-state index in [1.807, 2.05) is 30.4 Å². The number of hydrogen-bond donors (Lipinski definition) is 2. The molecule has 0 unspecified atom stereocenters. The molecule has 2 aromatic rings. The zero-order chi connectivity index (χ0) is 28.2. The second-order valence-electron chi connectivity index (χ2n) is 11.6. The fourth-order valence-corrected chi connectivity index (χ4v) is 7.47. The van der Waals surface area contributed by atoms with Crippen molar-refractivity contribution in [2.45, 2.75) is 63.4 Å². The maximum atomic E-state index is 14.2. The van der Waals surface area contributed by atoms with E-state index < -0.39 is 29.6 Å². The second kappa shape index (κ2) is 10.5. The summed E-state index contributed by atoms with van der Waals surface area (Å²) in [5.74, 6) is -1.72. The second-order valence-corrected chi connectivity index (χ2v) is 12.5. The van der Waals surface area contributed by atoms with Gasteiger partial charge < -0.3 is 20.3 Å². The lowest BCUT2D eigenvalue weighted by molar-refractivity contribution is -0.142. The molecule has 4 aliphatic rings. The number of nitrogens with zero attached hydrogens (tertiary/aromatic N) is 1. The highest BCUT2D eigenvalue weighted by Crippen LogP contribution is 2.55. The van der Waals surface area contributed by atoms with E-state index in [4.69, 9.17) is 27.9 Å². The van der Waals surface area contributed by atoms with Crippen LogP contribution in [0, 0.1) is 23.7 Å². The highest BCUT2D eigenvalue weighted by Gasteiger charge is 2.72. The van der Waals surface area contributed by atoms with Crippen LogP contribution in [0.25, 0.3) is 0 Å². The van der Waals surface area contributed by atoms with Gasteiger partial charge in [0.1, 0.15) is 11.6 Å². The van der Waals surface area contributed by atoms with Crippen LogP contribution in [0.3, 0.4) is 0 Å². The molecule has 0 radical (unpaired) electrons. The van der Waals surface area contributed by atoms with Crippen LogP contribution in [0.1, 0.15) is 38.7 Å². The molecule has 3 heterocycles. The van der Waals surface area contributed by atoms with Crippen molar-refractivity contribution in [2.75, 3.05) is 5.32 Å². The summed E-state index contributed by atoms with van der Waals surface area (Å²) in [7, 11) is 0. The summed E-state index contributed by atoms with van der Waals surface area (Å²) in [6.45, 7) is 4.52. The predicted octanol–water partition coefficient (Wildman–Crippen LogP) is 5.22. The third kappa shape index (κ3) is 4.52. The minimum absolute atomic E-state index is 0.00785. The number of hydrogen-bond acceptors (Lipinski definition) is 4. The number of rotatable bonds is 6. The predicted molar refractivity (Wildman–Crippen MR) is 154 cm³/mol. The topological polar surface area (TPSA) is 87.7 Å². The van der Waals surface area contributed by atoms with Gasteiger partial charge in [-0.1, -0.05) is 86.3 Å². The van der Waals surface area contributed by atoms with Crippen molar-refractivity contribution in [3.05, 3.63) is 76.3 Å². The van der Waals surface area contributed by atoms with Crippen molar-refractivity contribution in [3.63, 3.8) is 0 Å². The average Bonchev–Trinajstić information content (AvgIpc) is 3.55. The van der Waals surface area contributed by atoms with Crippen molar-refractivity contribution >= 4 is 46.6 Å². The zero-order valence-electron chi connectivity index (χ0n) is 22.5. The molecular formula is C31H33Cl2N3O4. The van der Waals surface area contributed by atoms with Crippen LogP contribution in [0.5, 0.6) is 0 Å². The Labute approximate surface area is 244 Å². The molecule has 3 aliphatic heterocycles. The molecule has 3 amide bonds. The van der Waals surface area contributed by atoms with Gasteiger partial charge in [-0.3, -0.25) is 14.4 Å². The summed E-state index contributed by atoms with van der Waals surface area (Å²) in [5.41, 5.74) is 0.0172. The first-order valence-corrected chi connectivity index (χ1v) is 14.7. The first kappa shape index (κ1) is 27.3. The van der Waals surface area contributed by atoms with Gasteiger partial charge in [0.15, 0.2) is 0 Å². The number of nitrogens with one attached hydrogen (secondary N) is 2. The maximum absolute atomic E-state index is 14.2. The Balaban J connectivity index is 1.34. The van der Waals surface area contributed by atoms with Crippen molar-refractivity contribution in [1.29, 1.82) is 0 Å². The normalized spacial score (nSPS) is 34.1. The number of halogens is 2. The summed E-state index contributed by atoms with van der Waals surface area (Å²) in [5, 5.41) is 7.18. The van der Waals surface area contributed by atoms with E-state index in [-0.39, 0.29) is 30.3 Å². The van der Waals surface area contributed by atoms with E-state index in [0.29, 0.717) is 27.6 Å². The molecule has 6 rings (SSSR count). The Morgan fingerprint density at radius 1 is 1.07 bits per heavy atom. The highest BCUT2D eigenvalue weighted by atomic mass is 35.5. The average molecular weight is 583 g/mol. The summed E-state index contributed by atoms with van der Waals surface area (Å²) in [4.78, 5) is 43.6. The maximum Gasteiger partial charge on any atom is 0.246 e. The molecule has 8 atom stereocenters. The van der Waals surface area contributed by atoms with Gasteiger partial charge in [-0.25, -0.2) is 0 Å². The van der Waals surface area contributed by atoms with Crippen LogP contribution in [0.15, 0.2) is 60.7 Å². The monoisotopic (exact) mass is 581 g/mol. The van der Waals surface area contributed by atoms with Crippen molar-refractivity contribution in [3.8, 4) is 0 Å². The van der Waals surface area contributed by atoms with Gasteiger partial charge in [0.25, 0.3) is 0 Å². The van der Waals surface area contributed by atoms with Gasteiger partial charge >= 0.3 is 0 Å². The number of amides is 3. The molecule has 3 fully saturated rings. The third-order valence-electron chi connectivity index (χ3n) is 9.35. The zero-order valence-corrected chi connectivity index (χ0v) is 24.0. The Morgan fingerprint density at radius 2 is 1.88 bits per heavy atom. The summed E-state index contributed by atoms with van der Waals surface area (Å²) < 4.78 is 6.46. The molecule has 9 heteroatoms. The summed E-state index contributed by atoms with van der Waals surface area (Å²) in [6.07, 6.45) is 6.10. The number of likely N-dealkylation sites (tertiary alicyclic amines) is 1. The van der Waals surface area contributed by atoms with E-state index >= 15 is 0 Å². The Morgan fingerprint density at radius 3 is 2.65 bits per heavy atom. The van der Waals surface area contributed by atoms with Crippen LogP contribution < -0.4 is 10.6 Å². The fraction of sp³-hybridized carbons (Fsp3) is 0.452. The first-order chi connectivity index (χ1) is 19.2. The van der Waals surface area contributed by atoms with Crippen molar-refractivity contribution in [1.82, 2.24) is 10.2 Å². The van der Waals surface area contributed by atoms with E-state index in [1.54, 1.807) is 35.2 Å². The Bertz CT molecular complexity index is 1380. The Hall–Kier alpha value is -2.87. The number of benzene rings is 2. The first-order valence-electron chi connectivity index (χ1n) is 14.0. The minimum atomic E-state index is -1.24. The van der Waals surface area contributed by atoms with Gasteiger partial charge in [-0.2, -0.15) is 0 Å². The largest absolute Gasteiger partial charge is 0.359 e. The van der Waals surface area contributed by atoms with Gasteiger partial charge in [0, 0.05) is 28.3 Å². The fourth-order valence-electron chi connectivity index (χ4n) is 7.09. The molecule has 1 saturated carbocycles. The smallest absolute Gasteiger partial charge is 0.246 e. The van der Waals surface area contributed by atoms with Crippen molar-refractivity contribution in [2.24, 2.45) is 23.7 Å². The molecule has 2 saturated heterocycles. The van der Waals surface area contributed by atoms with Crippen molar-refractivity contribution < 1.29 is 19.1 Å². The van der Waals surface area contributed by atoms with Gasteiger partial charge in [0.05, 0.1) is 17.9 Å². The van der Waals surface area contributed by atoms with Gasteiger partial charge in [0.2, 0.25) is 17.7 Å². The molecule has 1 aliphatic carbocycles. The van der Waals surface area contributed by atoms with E-state index in [1.165, 1.54) is 0 Å². The minimum Gasteiger partial charge on any atom is -0.359 e. The SMILES string of the molecule is C[C@@H]1[C@H](C)CCC[C@@H]1NC(=O)[C@@H]1N(Cc2ccccc2Cl)C(=O)[C@@H]2[C@H](C(=O)Nc3cccc(Cl)c3)[C@@H]3C=C[C@]21O3. The molecule has 1 spiro atoms. The molecule has 2 aromatic carbocycles. The lowest BCUT2D eigenvalue weighted by Gasteiger charge is -2.38. The molecule has 7 nitrogen and oxygen atoms in total. The molecule has 40 heavy (non-hydrogen) atoms. The van der Waals surface area contributed by atoms with E-state index in [2.05, 4.69) is 24.5 Å². The number of anilines is 1. The third-order valence-corrected chi connectivity index (χ3v) is 9.95. The number of carbonyl (C=O) groups is 3. The quantitative estimate of drug-likeness (QED) is 0.457. The summed E-state index contributed by atoms with van der Waals surface area (Å²) in [6, 6.07) is 13.2. The number of fused-ring (bicyclic) bond motifs is 1. The van der Waals surface area contributed by atoms with Crippen LogP contribution in [-0.4, -0.2) is 46.4 Å². The molecule has 2 bridgehead atoms.